The molecule has 0 aliphatic heterocycles. The van der Waals surface area contributed by atoms with Gasteiger partial charge in [-0.25, -0.2) is 13.1 Å². The number of aliphatic hydroxyl groups is 2. The van der Waals surface area contributed by atoms with Crippen molar-refractivity contribution in [1.29, 1.82) is 0 Å². The average Bonchev–Trinajstić information content (AvgIpc) is 2.44. The molecule has 1 aromatic carbocycles. The fraction of sp³-hybridized carbons (Fsp3) is 0.250. The molecular formula is C12H14N2O4S. The Morgan fingerprint density at radius 2 is 2.05 bits per heavy atom. The number of nitrogens with one attached hydrogen (secondary N) is 1. The molecule has 0 aliphatic carbocycles. The molecule has 2 rings (SSSR count). The highest BCUT2D eigenvalue weighted by Gasteiger charge is 2.18. The molecule has 19 heavy (non-hydrogen) atoms. The predicted molar refractivity (Wildman–Crippen MR) is 70.0 cm³/mol. The second kappa shape index (κ2) is 5.62. The third-order valence-electron chi connectivity index (χ3n) is 2.61. The molecule has 1 atom stereocenters. The van der Waals surface area contributed by atoms with Crippen molar-refractivity contribution in [2.24, 2.45) is 0 Å². The van der Waals surface area contributed by atoms with Crippen LogP contribution in [0.3, 0.4) is 0 Å². The van der Waals surface area contributed by atoms with E-state index in [-0.39, 0.29) is 11.4 Å². The van der Waals surface area contributed by atoms with Gasteiger partial charge < -0.3 is 10.2 Å². The number of hydrogen-bond donors (Lipinski definition) is 3. The maximum atomic E-state index is 12.1. The quantitative estimate of drug-likeness (QED) is 0.709. The van der Waals surface area contributed by atoms with Crippen LogP contribution >= 0.6 is 0 Å². The van der Waals surface area contributed by atoms with Crippen LogP contribution in [0.2, 0.25) is 0 Å². The molecule has 0 bridgehead atoms. The van der Waals surface area contributed by atoms with Gasteiger partial charge in [-0.15, -0.1) is 0 Å². The van der Waals surface area contributed by atoms with Crippen LogP contribution in [-0.2, 0) is 10.0 Å². The molecule has 0 aliphatic rings. The Hall–Kier alpha value is -1.54. The van der Waals surface area contributed by atoms with E-state index in [4.69, 9.17) is 5.11 Å². The molecule has 6 nitrogen and oxygen atoms in total. The van der Waals surface area contributed by atoms with Crippen molar-refractivity contribution in [1.82, 2.24) is 9.71 Å². The molecule has 0 saturated carbocycles. The number of aliphatic hydroxyl groups excluding tert-OH is 2. The minimum absolute atomic E-state index is 0.100. The fourth-order valence-electron chi connectivity index (χ4n) is 1.66. The average molecular weight is 282 g/mol. The molecule has 1 heterocycles. The van der Waals surface area contributed by atoms with E-state index < -0.39 is 22.7 Å². The molecule has 0 fully saturated rings. The lowest BCUT2D eigenvalue weighted by atomic mass is 10.2. The largest absolute Gasteiger partial charge is 0.394 e. The van der Waals surface area contributed by atoms with Crippen molar-refractivity contribution in [3.63, 3.8) is 0 Å². The second-order valence-corrected chi connectivity index (χ2v) is 5.75. The van der Waals surface area contributed by atoms with Crippen LogP contribution in [0, 0.1) is 0 Å². The third-order valence-corrected chi connectivity index (χ3v) is 4.10. The maximum Gasteiger partial charge on any atom is 0.241 e. The van der Waals surface area contributed by atoms with Gasteiger partial charge in [-0.2, -0.15) is 0 Å². The Balaban J connectivity index is 2.38. The molecule has 2 aromatic rings. The van der Waals surface area contributed by atoms with E-state index in [1.54, 1.807) is 30.5 Å². The number of aromatic nitrogens is 1. The van der Waals surface area contributed by atoms with E-state index >= 15 is 0 Å². The summed E-state index contributed by atoms with van der Waals surface area (Å²) < 4.78 is 26.5. The van der Waals surface area contributed by atoms with Crippen LogP contribution in [0.25, 0.3) is 10.9 Å². The van der Waals surface area contributed by atoms with Gasteiger partial charge >= 0.3 is 0 Å². The van der Waals surface area contributed by atoms with Crippen molar-refractivity contribution in [3.8, 4) is 0 Å². The highest BCUT2D eigenvalue weighted by molar-refractivity contribution is 7.89. The van der Waals surface area contributed by atoms with Gasteiger partial charge in [-0.3, -0.25) is 4.98 Å². The van der Waals surface area contributed by atoms with E-state index in [2.05, 4.69) is 9.71 Å². The molecule has 7 heteroatoms. The number of benzene rings is 1. The summed E-state index contributed by atoms with van der Waals surface area (Å²) in [6, 6.07) is 8.12. The third kappa shape index (κ3) is 3.07. The van der Waals surface area contributed by atoms with Gasteiger partial charge in [-0.1, -0.05) is 6.07 Å². The van der Waals surface area contributed by atoms with Crippen LogP contribution in [0.5, 0.6) is 0 Å². The van der Waals surface area contributed by atoms with Crippen LogP contribution in [-0.4, -0.2) is 42.9 Å². The first-order valence-electron chi connectivity index (χ1n) is 5.67. The molecule has 0 saturated heterocycles. The highest BCUT2D eigenvalue weighted by Crippen LogP contribution is 2.20. The molecular weight excluding hydrogens is 268 g/mol. The predicted octanol–water partition coefficient (Wildman–Crippen LogP) is -0.134. The van der Waals surface area contributed by atoms with Gasteiger partial charge in [0.05, 0.1) is 23.1 Å². The fourth-order valence-corrected chi connectivity index (χ4v) is 2.94. The monoisotopic (exact) mass is 282 g/mol. The van der Waals surface area contributed by atoms with E-state index in [1.165, 1.54) is 6.07 Å². The summed E-state index contributed by atoms with van der Waals surface area (Å²) in [5.41, 5.74) is 0.577. The first-order valence-corrected chi connectivity index (χ1v) is 7.15. The van der Waals surface area contributed by atoms with E-state index in [1.807, 2.05) is 0 Å². The molecule has 0 radical (unpaired) electrons. The summed E-state index contributed by atoms with van der Waals surface area (Å²) in [6.45, 7) is -0.741. The van der Waals surface area contributed by atoms with E-state index in [0.29, 0.717) is 10.9 Å². The Labute approximate surface area is 110 Å². The molecule has 0 amide bonds. The van der Waals surface area contributed by atoms with Gasteiger partial charge in [0.15, 0.2) is 0 Å². The minimum Gasteiger partial charge on any atom is -0.394 e. The number of nitrogens with zero attached hydrogens (tertiary/aromatic N) is 1. The summed E-state index contributed by atoms with van der Waals surface area (Å²) in [7, 11) is -3.75. The molecule has 1 unspecified atom stereocenters. The van der Waals surface area contributed by atoms with E-state index in [0.717, 1.165) is 0 Å². The van der Waals surface area contributed by atoms with E-state index in [9.17, 15) is 13.5 Å². The summed E-state index contributed by atoms with van der Waals surface area (Å²) in [5, 5.41) is 18.4. The van der Waals surface area contributed by atoms with Crippen LogP contribution in [0.1, 0.15) is 0 Å². The zero-order valence-electron chi connectivity index (χ0n) is 10.0. The van der Waals surface area contributed by atoms with Gasteiger partial charge in [0.25, 0.3) is 0 Å². The van der Waals surface area contributed by atoms with Crippen molar-refractivity contribution in [2.45, 2.75) is 11.0 Å². The van der Waals surface area contributed by atoms with Crippen molar-refractivity contribution < 1.29 is 18.6 Å². The van der Waals surface area contributed by atoms with Crippen molar-refractivity contribution in [2.75, 3.05) is 13.2 Å². The van der Waals surface area contributed by atoms with Crippen LogP contribution in [0.15, 0.2) is 41.4 Å². The maximum absolute atomic E-state index is 12.1. The summed E-state index contributed by atoms with van der Waals surface area (Å²) >= 11 is 0. The number of rotatable bonds is 5. The van der Waals surface area contributed by atoms with Crippen LogP contribution < -0.4 is 4.72 Å². The lowest BCUT2D eigenvalue weighted by Crippen LogP contribution is -2.34. The van der Waals surface area contributed by atoms with Crippen LogP contribution in [0.4, 0.5) is 0 Å². The molecule has 0 spiro atoms. The number of hydrogen-bond acceptors (Lipinski definition) is 5. The first kappa shape index (κ1) is 13.9. The number of sulfonamides is 1. The summed E-state index contributed by atoms with van der Waals surface area (Å²) in [6.07, 6.45) is 0.463. The van der Waals surface area contributed by atoms with Crippen molar-refractivity contribution in [3.05, 3.63) is 36.5 Å². The number of fused-ring (bicyclic) bond motifs is 1. The zero-order valence-corrected chi connectivity index (χ0v) is 10.8. The molecule has 3 N–H and O–H groups in total. The Morgan fingerprint density at radius 3 is 2.79 bits per heavy atom. The lowest BCUT2D eigenvalue weighted by molar-refractivity contribution is 0.0988. The lowest BCUT2D eigenvalue weighted by Gasteiger charge is -2.11. The highest BCUT2D eigenvalue weighted by atomic mass is 32.2. The van der Waals surface area contributed by atoms with Gasteiger partial charge in [0, 0.05) is 18.1 Å². The topological polar surface area (TPSA) is 99.5 Å². The normalized spacial score (nSPS) is 13.6. The summed E-state index contributed by atoms with van der Waals surface area (Å²) in [5.74, 6) is 0. The smallest absolute Gasteiger partial charge is 0.241 e. The number of pyridine rings is 1. The second-order valence-electron chi connectivity index (χ2n) is 4.01. The van der Waals surface area contributed by atoms with Gasteiger partial charge in [0.1, 0.15) is 0 Å². The SMILES string of the molecule is O=S(=O)(NCC(O)CO)c1cccc2ncccc12. The minimum atomic E-state index is -3.75. The zero-order chi connectivity index (χ0) is 13.9. The Morgan fingerprint density at radius 1 is 1.26 bits per heavy atom. The Bertz CT molecular complexity index is 667. The van der Waals surface area contributed by atoms with Crippen molar-refractivity contribution >= 4 is 20.9 Å². The molecule has 1 aromatic heterocycles. The summed E-state index contributed by atoms with van der Waals surface area (Å²) in [4.78, 5) is 4.19. The van der Waals surface area contributed by atoms with Gasteiger partial charge in [0.2, 0.25) is 10.0 Å². The molecule has 102 valence electrons. The van der Waals surface area contributed by atoms with Gasteiger partial charge in [-0.05, 0) is 24.3 Å². The Kier molecular flexibility index (Phi) is 4.11. The standard InChI is InChI=1S/C12H14N2O4S/c15-8-9(16)7-14-19(17,18)12-5-1-4-11-10(12)3-2-6-13-11/h1-6,9,14-16H,7-8H2. The first-order chi connectivity index (χ1) is 9.04.